The number of imide groups is 2. The number of hydrogen-bond acceptors (Lipinski definition) is 7. The number of fused-ring (bicyclic) bond motifs is 1. The summed E-state index contributed by atoms with van der Waals surface area (Å²) < 4.78 is 5.21. The molecule has 1 unspecified atom stereocenters. The molecular weight excluding hydrogens is 390 g/mol. The van der Waals surface area contributed by atoms with Crippen LogP contribution < -0.4 is 0 Å². The third-order valence-corrected chi connectivity index (χ3v) is 5.66. The molecule has 160 valence electrons. The molecule has 4 amide bonds. The van der Waals surface area contributed by atoms with Crippen LogP contribution in [0.2, 0.25) is 0 Å². The molecule has 0 saturated carbocycles. The zero-order chi connectivity index (χ0) is 22.0. The fourth-order valence-electron chi connectivity index (χ4n) is 3.86. The number of likely N-dealkylation sites (tertiary alicyclic amines) is 1. The molecule has 1 aromatic carbocycles. The van der Waals surface area contributed by atoms with Gasteiger partial charge in [-0.1, -0.05) is 26.0 Å². The summed E-state index contributed by atoms with van der Waals surface area (Å²) >= 11 is 0. The highest BCUT2D eigenvalue weighted by Crippen LogP contribution is 2.29. The molecule has 2 aliphatic rings. The Morgan fingerprint density at radius 1 is 1.10 bits per heavy atom. The van der Waals surface area contributed by atoms with Gasteiger partial charge in [0.2, 0.25) is 5.91 Å². The molecule has 1 aromatic rings. The Morgan fingerprint density at radius 3 is 2.20 bits per heavy atom. The van der Waals surface area contributed by atoms with Crippen molar-refractivity contribution in [3.8, 4) is 0 Å². The average molecular weight is 415 g/mol. The molecule has 9 heteroatoms. The fourth-order valence-corrected chi connectivity index (χ4v) is 3.86. The van der Waals surface area contributed by atoms with Gasteiger partial charge in [-0.3, -0.25) is 33.8 Å². The normalized spacial score (nSPS) is 20.1. The number of hydrogen-bond donors (Lipinski definition) is 0. The molecule has 2 heterocycles. The first kappa shape index (κ1) is 21.6. The Labute approximate surface area is 174 Å². The van der Waals surface area contributed by atoms with E-state index in [1.807, 2.05) is 18.7 Å². The number of esters is 1. The van der Waals surface area contributed by atoms with E-state index in [4.69, 9.17) is 4.74 Å². The van der Waals surface area contributed by atoms with Crippen LogP contribution >= 0.6 is 0 Å². The SMILES string of the molecule is CCN(CC)C(C)C(=O)OCN1C(=O)CC[C@H](N2C(=O)c3ccccc3C2=O)C1=O. The van der Waals surface area contributed by atoms with E-state index in [9.17, 15) is 24.0 Å². The Bertz CT molecular complexity index is 859. The number of benzene rings is 1. The predicted octanol–water partition coefficient (Wildman–Crippen LogP) is 1.03. The van der Waals surface area contributed by atoms with Crippen LogP contribution in [-0.2, 0) is 19.1 Å². The van der Waals surface area contributed by atoms with Gasteiger partial charge in [-0.2, -0.15) is 0 Å². The Hall–Kier alpha value is -3.07. The van der Waals surface area contributed by atoms with Crippen molar-refractivity contribution in [3.63, 3.8) is 0 Å². The highest BCUT2D eigenvalue weighted by molar-refractivity contribution is 6.23. The lowest BCUT2D eigenvalue weighted by Gasteiger charge is -2.34. The standard InChI is InChI=1S/C21H25N3O6/c1-4-22(5-2)13(3)21(29)30-12-23-17(25)11-10-16(20(23)28)24-18(26)14-8-6-7-9-15(14)19(24)27/h6-9,13,16H,4-5,10-12H2,1-3H3/t13?,16-/m0/s1. The van der Waals surface area contributed by atoms with Crippen molar-refractivity contribution in [2.75, 3.05) is 19.8 Å². The summed E-state index contributed by atoms with van der Waals surface area (Å²) in [5, 5.41) is 0. The van der Waals surface area contributed by atoms with Gasteiger partial charge in [-0.25, -0.2) is 4.90 Å². The van der Waals surface area contributed by atoms with Gasteiger partial charge in [-0.05, 0) is 38.6 Å². The third-order valence-electron chi connectivity index (χ3n) is 5.66. The molecule has 2 aliphatic heterocycles. The average Bonchev–Trinajstić information content (AvgIpc) is 2.99. The van der Waals surface area contributed by atoms with E-state index in [0.717, 1.165) is 9.80 Å². The van der Waals surface area contributed by atoms with Crippen LogP contribution in [0.15, 0.2) is 24.3 Å². The van der Waals surface area contributed by atoms with Crippen LogP contribution in [0.3, 0.4) is 0 Å². The van der Waals surface area contributed by atoms with E-state index in [1.54, 1.807) is 19.1 Å². The van der Waals surface area contributed by atoms with Gasteiger partial charge in [0.05, 0.1) is 11.1 Å². The van der Waals surface area contributed by atoms with Crippen LogP contribution in [0.5, 0.6) is 0 Å². The first-order valence-corrected chi connectivity index (χ1v) is 10.0. The molecule has 0 spiro atoms. The highest BCUT2D eigenvalue weighted by Gasteiger charge is 2.47. The Morgan fingerprint density at radius 2 is 1.67 bits per heavy atom. The molecule has 1 fully saturated rings. The Balaban J connectivity index is 1.72. The van der Waals surface area contributed by atoms with E-state index >= 15 is 0 Å². The Kier molecular flexibility index (Phi) is 6.31. The lowest BCUT2D eigenvalue weighted by Crippen LogP contribution is -2.56. The molecule has 30 heavy (non-hydrogen) atoms. The number of ether oxygens (including phenoxy) is 1. The fraction of sp³-hybridized carbons (Fsp3) is 0.476. The van der Waals surface area contributed by atoms with Crippen LogP contribution in [0.4, 0.5) is 0 Å². The third kappa shape index (κ3) is 3.72. The number of likely N-dealkylation sites (N-methyl/N-ethyl adjacent to an activating group) is 1. The smallest absolute Gasteiger partial charge is 0.324 e. The molecule has 0 bridgehead atoms. The van der Waals surface area contributed by atoms with E-state index < -0.39 is 48.4 Å². The van der Waals surface area contributed by atoms with Crippen molar-refractivity contribution < 1.29 is 28.7 Å². The second-order valence-corrected chi connectivity index (χ2v) is 7.23. The quantitative estimate of drug-likeness (QED) is 0.484. The molecule has 2 atom stereocenters. The molecule has 0 radical (unpaired) electrons. The van der Waals surface area contributed by atoms with Crippen LogP contribution in [0, 0.1) is 0 Å². The zero-order valence-electron chi connectivity index (χ0n) is 17.3. The van der Waals surface area contributed by atoms with Gasteiger partial charge < -0.3 is 4.74 Å². The number of rotatable bonds is 7. The minimum absolute atomic E-state index is 0.0348. The minimum atomic E-state index is -1.10. The van der Waals surface area contributed by atoms with Gasteiger partial charge in [0.25, 0.3) is 17.7 Å². The molecule has 1 saturated heterocycles. The zero-order valence-corrected chi connectivity index (χ0v) is 17.3. The van der Waals surface area contributed by atoms with E-state index in [1.165, 1.54) is 12.1 Å². The van der Waals surface area contributed by atoms with Gasteiger partial charge >= 0.3 is 5.97 Å². The number of piperidine rings is 1. The van der Waals surface area contributed by atoms with Crippen molar-refractivity contribution >= 4 is 29.6 Å². The van der Waals surface area contributed by atoms with Crippen molar-refractivity contribution in [2.45, 2.75) is 45.7 Å². The van der Waals surface area contributed by atoms with Crippen LogP contribution in [0.25, 0.3) is 0 Å². The molecule has 3 rings (SSSR count). The molecule has 9 nitrogen and oxygen atoms in total. The lowest BCUT2D eigenvalue weighted by molar-refractivity contribution is -0.166. The second-order valence-electron chi connectivity index (χ2n) is 7.23. The summed E-state index contributed by atoms with van der Waals surface area (Å²) in [6, 6.07) is 4.71. The number of nitrogens with zero attached hydrogens (tertiary/aromatic N) is 3. The lowest BCUT2D eigenvalue weighted by atomic mass is 10.0. The maximum atomic E-state index is 13.0. The van der Waals surface area contributed by atoms with E-state index in [0.29, 0.717) is 13.1 Å². The van der Waals surface area contributed by atoms with E-state index in [2.05, 4.69) is 0 Å². The van der Waals surface area contributed by atoms with Crippen molar-refractivity contribution in [1.82, 2.24) is 14.7 Å². The van der Waals surface area contributed by atoms with Gasteiger partial charge in [0.1, 0.15) is 12.1 Å². The van der Waals surface area contributed by atoms with Crippen LogP contribution in [-0.4, -0.2) is 76.2 Å². The summed E-state index contributed by atoms with van der Waals surface area (Å²) in [5.74, 6) is -2.90. The topological polar surface area (TPSA) is 104 Å². The number of carbonyl (C=O) groups excluding carboxylic acids is 5. The summed E-state index contributed by atoms with van der Waals surface area (Å²) in [4.78, 5) is 66.5. The highest BCUT2D eigenvalue weighted by atomic mass is 16.5. The maximum Gasteiger partial charge on any atom is 0.324 e. The second kappa shape index (κ2) is 8.74. The monoisotopic (exact) mass is 415 g/mol. The maximum absolute atomic E-state index is 13.0. The number of carbonyl (C=O) groups is 5. The van der Waals surface area contributed by atoms with Crippen molar-refractivity contribution in [1.29, 1.82) is 0 Å². The van der Waals surface area contributed by atoms with E-state index in [-0.39, 0.29) is 24.0 Å². The van der Waals surface area contributed by atoms with Crippen molar-refractivity contribution in [2.24, 2.45) is 0 Å². The van der Waals surface area contributed by atoms with Gasteiger partial charge in [0.15, 0.2) is 6.73 Å². The molecule has 0 aliphatic carbocycles. The van der Waals surface area contributed by atoms with Gasteiger partial charge in [-0.15, -0.1) is 0 Å². The number of amides is 4. The van der Waals surface area contributed by atoms with Gasteiger partial charge in [0, 0.05) is 6.42 Å². The molecule has 0 aromatic heterocycles. The minimum Gasteiger partial charge on any atom is -0.443 e. The summed E-state index contributed by atoms with van der Waals surface area (Å²) in [5.41, 5.74) is 0.469. The largest absolute Gasteiger partial charge is 0.443 e. The summed E-state index contributed by atoms with van der Waals surface area (Å²) in [6.07, 6.45) is 0.0103. The molecule has 0 N–H and O–H groups in total. The first-order valence-electron chi connectivity index (χ1n) is 10.0. The first-order chi connectivity index (χ1) is 14.3. The van der Waals surface area contributed by atoms with Crippen LogP contribution in [0.1, 0.15) is 54.3 Å². The predicted molar refractivity (Wildman–Crippen MR) is 105 cm³/mol. The van der Waals surface area contributed by atoms with Crippen molar-refractivity contribution in [3.05, 3.63) is 35.4 Å². The summed E-state index contributed by atoms with van der Waals surface area (Å²) in [6.45, 7) is 6.28. The molecular formula is C21H25N3O6. The summed E-state index contributed by atoms with van der Waals surface area (Å²) in [7, 11) is 0.